The molecule has 0 aliphatic heterocycles. The summed E-state index contributed by atoms with van der Waals surface area (Å²) < 4.78 is 15.3. The van der Waals surface area contributed by atoms with Gasteiger partial charge in [0.25, 0.3) is 0 Å². The Hall–Kier alpha value is -0.130. The fourth-order valence-electron chi connectivity index (χ4n) is 2.17. The first-order valence-electron chi connectivity index (χ1n) is 5.69. The quantitative estimate of drug-likeness (QED) is 0.800. The normalized spacial score (nSPS) is 24.2. The molecule has 17 heavy (non-hydrogen) atoms. The molecule has 0 aromatic heterocycles. The number of nitrogens with two attached hydrogens (primary N) is 1. The standard InChI is InChI=1S/C12H15Br2FN2/c13-8-4-7(12(16)9(14)5-8)6-17-11-3-1-2-10(11)15/h4-5,10-11,17H,1-3,6,16H2/t10-,11-/m0/s1. The minimum absolute atomic E-state index is 0.0212. The minimum Gasteiger partial charge on any atom is -0.398 e. The van der Waals surface area contributed by atoms with Crippen molar-refractivity contribution in [1.29, 1.82) is 0 Å². The summed E-state index contributed by atoms with van der Waals surface area (Å²) in [4.78, 5) is 0. The van der Waals surface area contributed by atoms with Gasteiger partial charge in [-0.1, -0.05) is 15.9 Å². The number of benzene rings is 1. The molecule has 0 spiro atoms. The van der Waals surface area contributed by atoms with Crippen molar-refractivity contribution in [2.75, 3.05) is 5.73 Å². The zero-order chi connectivity index (χ0) is 12.4. The molecular weight excluding hydrogens is 351 g/mol. The average Bonchev–Trinajstić information content (AvgIpc) is 2.67. The molecule has 1 saturated carbocycles. The highest BCUT2D eigenvalue weighted by Gasteiger charge is 2.26. The van der Waals surface area contributed by atoms with Crippen molar-refractivity contribution in [3.8, 4) is 0 Å². The molecule has 1 aromatic rings. The second kappa shape index (κ2) is 5.67. The van der Waals surface area contributed by atoms with Gasteiger partial charge in [-0.15, -0.1) is 0 Å². The van der Waals surface area contributed by atoms with Crippen molar-refractivity contribution in [1.82, 2.24) is 5.32 Å². The number of hydrogen-bond donors (Lipinski definition) is 2. The summed E-state index contributed by atoms with van der Waals surface area (Å²) in [6.07, 6.45) is 1.84. The van der Waals surface area contributed by atoms with Gasteiger partial charge in [-0.2, -0.15) is 0 Å². The topological polar surface area (TPSA) is 38.0 Å². The first kappa shape index (κ1) is 13.3. The van der Waals surface area contributed by atoms with E-state index in [2.05, 4.69) is 37.2 Å². The van der Waals surface area contributed by atoms with E-state index in [1.807, 2.05) is 12.1 Å². The molecule has 5 heteroatoms. The second-order valence-corrected chi connectivity index (χ2v) is 6.16. The van der Waals surface area contributed by atoms with Gasteiger partial charge >= 0.3 is 0 Å². The number of anilines is 1. The first-order valence-corrected chi connectivity index (χ1v) is 7.27. The lowest BCUT2D eigenvalue weighted by atomic mass is 10.1. The predicted octanol–water partition coefficient (Wildman–Crippen LogP) is 3.77. The Labute approximate surface area is 117 Å². The van der Waals surface area contributed by atoms with Crippen LogP contribution in [-0.2, 0) is 6.54 Å². The number of alkyl halides is 1. The average molecular weight is 366 g/mol. The Morgan fingerprint density at radius 3 is 2.76 bits per heavy atom. The van der Waals surface area contributed by atoms with Crippen LogP contribution < -0.4 is 11.1 Å². The monoisotopic (exact) mass is 364 g/mol. The van der Waals surface area contributed by atoms with Crippen LogP contribution in [0.3, 0.4) is 0 Å². The van der Waals surface area contributed by atoms with Gasteiger partial charge in [0.05, 0.1) is 5.69 Å². The van der Waals surface area contributed by atoms with E-state index in [1.165, 1.54) is 0 Å². The molecule has 2 atom stereocenters. The fraction of sp³-hybridized carbons (Fsp3) is 0.500. The lowest BCUT2D eigenvalue weighted by Gasteiger charge is -2.16. The Morgan fingerprint density at radius 1 is 1.35 bits per heavy atom. The molecule has 0 amide bonds. The van der Waals surface area contributed by atoms with Crippen LogP contribution in [0, 0.1) is 0 Å². The van der Waals surface area contributed by atoms with Gasteiger partial charge in [-0.3, -0.25) is 0 Å². The van der Waals surface area contributed by atoms with Gasteiger partial charge in [0.2, 0.25) is 0 Å². The molecule has 0 heterocycles. The molecule has 1 aliphatic rings. The molecule has 2 rings (SSSR count). The van der Waals surface area contributed by atoms with Crippen LogP contribution in [0.4, 0.5) is 10.1 Å². The van der Waals surface area contributed by atoms with E-state index in [-0.39, 0.29) is 6.04 Å². The van der Waals surface area contributed by atoms with Crippen molar-refractivity contribution in [3.05, 3.63) is 26.6 Å². The molecule has 1 fully saturated rings. The third-order valence-corrected chi connectivity index (χ3v) is 4.28. The number of nitrogen functional groups attached to an aromatic ring is 1. The summed E-state index contributed by atoms with van der Waals surface area (Å²) in [5, 5.41) is 3.25. The summed E-state index contributed by atoms with van der Waals surface area (Å²) in [7, 11) is 0. The molecule has 0 saturated heterocycles. The number of nitrogens with one attached hydrogen (secondary N) is 1. The van der Waals surface area contributed by atoms with Crippen LogP contribution in [0.2, 0.25) is 0 Å². The smallest absolute Gasteiger partial charge is 0.115 e. The van der Waals surface area contributed by atoms with E-state index in [9.17, 15) is 4.39 Å². The third-order valence-electron chi connectivity index (χ3n) is 3.17. The van der Waals surface area contributed by atoms with Gasteiger partial charge in [0.1, 0.15) is 6.17 Å². The molecule has 2 nitrogen and oxygen atoms in total. The van der Waals surface area contributed by atoms with Gasteiger partial charge in [-0.05, 0) is 52.9 Å². The highest BCUT2D eigenvalue weighted by molar-refractivity contribution is 9.11. The zero-order valence-electron chi connectivity index (χ0n) is 9.35. The maximum absolute atomic E-state index is 13.4. The number of rotatable bonds is 3. The molecule has 3 N–H and O–H groups in total. The maximum Gasteiger partial charge on any atom is 0.115 e. The molecule has 1 aromatic carbocycles. The minimum atomic E-state index is -0.716. The van der Waals surface area contributed by atoms with Crippen molar-refractivity contribution in [3.63, 3.8) is 0 Å². The van der Waals surface area contributed by atoms with E-state index in [0.29, 0.717) is 18.7 Å². The summed E-state index contributed by atoms with van der Waals surface area (Å²) >= 11 is 6.83. The number of hydrogen-bond acceptors (Lipinski definition) is 2. The van der Waals surface area contributed by atoms with E-state index in [1.54, 1.807) is 0 Å². The molecule has 0 bridgehead atoms. The molecule has 0 unspecified atom stereocenters. The predicted molar refractivity (Wildman–Crippen MR) is 75.6 cm³/mol. The van der Waals surface area contributed by atoms with Gasteiger partial charge in [-0.25, -0.2) is 4.39 Å². The van der Waals surface area contributed by atoms with Crippen molar-refractivity contribution in [2.24, 2.45) is 0 Å². The van der Waals surface area contributed by atoms with E-state index < -0.39 is 6.17 Å². The van der Waals surface area contributed by atoms with Crippen molar-refractivity contribution in [2.45, 2.75) is 38.0 Å². The van der Waals surface area contributed by atoms with Gasteiger partial charge < -0.3 is 11.1 Å². The van der Waals surface area contributed by atoms with Crippen LogP contribution in [0.1, 0.15) is 24.8 Å². The van der Waals surface area contributed by atoms with Crippen LogP contribution in [-0.4, -0.2) is 12.2 Å². The van der Waals surface area contributed by atoms with Crippen LogP contribution in [0.5, 0.6) is 0 Å². The van der Waals surface area contributed by atoms with Crippen LogP contribution >= 0.6 is 31.9 Å². The van der Waals surface area contributed by atoms with E-state index in [0.717, 1.165) is 27.4 Å². The van der Waals surface area contributed by atoms with Crippen LogP contribution in [0.25, 0.3) is 0 Å². The Bertz CT molecular complexity index is 412. The summed E-state index contributed by atoms with van der Waals surface area (Å²) in [5.74, 6) is 0. The maximum atomic E-state index is 13.4. The molecule has 0 radical (unpaired) electrons. The van der Waals surface area contributed by atoms with Crippen molar-refractivity contribution < 1.29 is 4.39 Å². The summed E-state index contributed by atoms with van der Waals surface area (Å²) in [6, 6.07) is 3.86. The highest BCUT2D eigenvalue weighted by atomic mass is 79.9. The van der Waals surface area contributed by atoms with Gasteiger partial charge in [0.15, 0.2) is 0 Å². The third kappa shape index (κ3) is 3.20. The highest BCUT2D eigenvalue weighted by Crippen LogP contribution is 2.29. The molecule has 1 aliphatic carbocycles. The zero-order valence-corrected chi connectivity index (χ0v) is 12.5. The lowest BCUT2D eigenvalue weighted by Crippen LogP contribution is -2.33. The lowest BCUT2D eigenvalue weighted by molar-refractivity contribution is 0.279. The van der Waals surface area contributed by atoms with E-state index >= 15 is 0 Å². The summed E-state index contributed by atoms with van der Waals surface area (Å²) in [5.41, 5.74) is 7.68. The van der Waals surface area contributed by atoms with Gasteiger partial charge in [0, 0.05) is 21.5 Å². The van der Waals surface area contributed by atoms with Crippen molar-refractivity contribution >= 4 is 37.5 Å². The molecular formula is C12H15Br2FN2. The molecule has 94 valence electrons. The Kier molecular flexibility index (Phi) is 4.44. The summed E-state index contributed by atoms with van der Waals surface area (Å²) in [6.45, 7) is 0.606. The van der Waals surface area contributed by atoms with Crippen LogP contribution in [0.15, 0.2) is 21.1 Å². The largest absolute Gasteiger partial charge is 0.398 e. The fourth-order valence-corrected chi connectivity index (χ4v) is 3.48. The second-order valence-electron chi connectivity index (χ2n) is 4.39. The number of halogens is 3. The van der Waals surface area contributed by atoms with E-state index in [4.69, 9.17) is 5.73 Å². The SMILES string of the molecule is Nc1c(Br)cc(Br)cc1CN[C@H]1CCC[C@@H]1F. The Balaban J connectivity index is 2.03. The first-order chi connectivity index (χ1) is 8.08. The Morgan fingerprint density at radius 2 is 2.12 bits per heavy atom.